The summed E-state index contributed by atoms with van der Waals surface area (Å²) < 4.78 is 18.7. The lowest BCUT2D eigenvalue weighted by Gasteiger charge is -2.19. The van der Waals surface area contributed by atoms with Crippen LogP contribution in [0.5, 0.6) is 11.5 Å². The minimum absolute atomic E-state index is 0.0843. The number of halogens is 1. The Morgan fingerprint density at radius 1 is 1.33 bits per heavy atom. The summed E-state index contributed by atoms with van der Waals surface area (Å²) in [5.41, 5.74) is 0.783. The van der Waals surface area contributed by atoms with Gasteiger partial charge in [0.2, 0.25) is 4.77 Å². The van der Waals surface area contributed by atoms with Crippen LogP contribution in [0.4, 0.5) is 0 Å². The number of fused-ring (bicyclic) bond motifs is 1. The maximum absolute atomic E-state index is 6.24. The Kier molecular flexibility index (Phi) is 4.26. The van der Waals surface area contributed by atoms with Gasteiger partial charge >= 0.3 is 0 Å². The lowest BCUT2D eigenvalue weighted by Crippen LogP contribution is -2.15. The maximum Gasteiger partial charge on any atom is 0.216 e. The van der Waals surface area contributed by atoms with Gasteiger partial charge in [-0.15, -0.1) is 0 Å². The molecular weight excluding hydrogens is 352 g/mol. The minimum atomic E-state index is -0.0843. The van der Waals surface area contributed by atoms with E-state index < -0.39 is 0 Å². The molecule has 3 heterocycles. The number of nitrogens with zero attached hydrogens (tertiary/aromatic N) is 3. The van der Waals surface area contributed by atoms with Crippen LogP contribution in [-0.4, -0.2) is 40.9 Å². The van der Waals surface area contributed by atoms with Gasteiger partial charge < -0.3 is 14.2 Å². The summed E-state index contributed by atoms with van der Waals surface area (Å²) in [6, 6.07) is 3.60. The SMILES string of the molecule is S=c1[nH]nc([C@H]2CCCO2)n1/N=C\c1cc(Cl)c2c(c1)OCCO2. The first-order valence-electron chi connectivity index (χ1n) is 7.65. The van der Waals surface area contributed by atoms with Crippen LogP contribution in [0, 0.1) is 4.77 Å². The van der Waals surface area contributed by atoms with Gasteiger partial charge in [-0.3, -0.25) is 5.10 Å². The minimum Gasteiger partial charge on any atom is -0.486 e. The Morgan fingerprint density at radius 3 is 3.04 bits per heavy atom. The molecule has 1 fully saturated rings. The summed E-state index contributed by atoms with van der Waals surface area (Å²) in [5, 5.41) is 11.9. The van der Waals surface area contributed by atoms with Crippen molar-refractivity contribution in [3.05, 3.63) is 33.3 Å². The van der Waals surface area contributed by atoms with E-state index in [1.807, 2.05) is 6.07 Å². The van der Waals surface area contributed by atoms with Crippen molar-refractivity contribution in [1.29, 1.82) is 0 Å². The number of nitrogens with one attached hydrogen (secondary N) is 1. The Morgan fingerprint density at radius 2 is 2.21 bits per heavy atom. The van der Waals surface area contributed by atoms with E-state index in [-0.39, 0.29) is 6.10 Å². The molecule has 1 N–H and O–H groups in total. The first-order valence-corrected chi connectivity index (χ1v) is 8.43. The van der Waals surface area contributed by atoms with Crippen LogP contribution in [0.25, 0.3) is 0 Å². The molecule has 9 heteroatoms. The van der Waals surface area contributed by atoms with Crippen molar-refractivity contribution in [3.63, 3.8) is 0 Å². The summed E-state index contributed by atoms with van der Waals surface area (Å²) in [5.74, 6) is 1.86. The molecule has 1 aromatic carbocycles. The summed E-state index contributed by atoms with van der Waals surface area (Å²) in [6.45, 7) is 1.72. The third-order valence-corrected chi connectivity index (χ3v) is 4.38. The van der Waals surface area contributed by atoms with E-state index in [4.69, 9.17) is 38.0 Å². The summed E-state index contributed by atoms with van der Waals surface area (Å²) in [4.78, 5) is 0. The highest BCUT2D eigenvalue weighted by Gasteiger charge is 2.23. The molecule has 1 aromatic heterocycles. The van der Waals surface area contributed by atoms with Crippen LogP contribution in [0.15, 0.2) is 17.2 Å². The highest BCUT2D eigenvalue weighted by atomic mass is 35.5. The molecule has 2 aromatic rings. The molecule has 4 rings (SSSR count). The molecule has 7 nitrogen and oxygen atoms in total. The number of ether oxygens (including phenoxy) is 3. The van der Waals surface area contributed by atoms with Crippen LogP contribution in [-0.2, 0) is 4.74 Å². The quantitative estimate of drug-likeness (QED) is 0.667. The number of aromatic amines is 1. The second-order valence-corrected chi connectivity index (χ2v) is 6.27. The normalized spacial score (nSPS) is 20.0. The lowest BCUT2D eigenvalue weighted by atomic mass is 10.2. The fraction of sp³-hybridized carbons (Fsp3) is 0.400. The van der Waals surface area contributed by atoms with Crippen LogP contribution >= 0.6 is 23.8 Å². The van der Waals surface area contributed by atoms with E-state index in [1.54, 1.807) is 17.0 Å². The Bertz CT molecular complexity index is 842. The summed E-state index contributed by atoms with van der Waals surface area (Å²) in [6.07, 6.45) is 3.49. The Hall–Kier alpha value is -1.90. The van der Waals surface area contributed by atoms with E-state index in [2.05, 4.69) is 15.3 Å². The van der Waals surface area contributed by atoms with Crippen LogP contribution in [0.3, 0.4) is 0 Å². The van der Waals surface area contributed by atoms with Crippen molar-refractivity contribution >= 4 is 30.0 Å². The first kappa shape index (κ1) is 15.6. The molecule has 1 atom stereocenters. The lowest BCUT2D eigenvalue weighted by molar-refractivity contribution is 0.102. The van der Waals surface area contributed by atoms with Crippen LogP contribution in [0.1, 0.15) is 30.3 Å². The van der Waals surface area contributed by atoms with E-state index in [0.717, 1.165) is 25.0 Å². The predicted octanol–water partition coefficient (Wildman–Crippen LogP) is 3.10. The molecular formula is C15H15ClN4O3S. The predicted molar refractivity (Wildman–Crippen MR) is 90.8 cm³/mol. The van der Waals surface area contributed by atoms with Gasteiger partial charge in [0.05, 0.1) is 11.2 Å². The van der Waals surface area contributed by atoms with Gasteiger partial charge in [-0.05, 0) is 42.8 Å². The van der Waals surface area contributed by atoms with E-state index in [1.165, 1.54) is 0 Å². The summed E-state index contributed by atoms with van der Waals surface area (Å²) >= 11 is 11.5. The van der Waals surface area contributed by atoms with Gasteiger partial charge in [-0.2, -0.15) is 14.9 Å². The molecule has 0 amide bonds. The molecule has 126 valence electrons. The summed E-state index contributed by atoms with van der Waals surface area (Å²) in [7, 11) is 0. The monoisotopic (exact) mass is 366 g/mol. The van der Waals surface area contributed by atoms with E-state index in [0.29, 0.717) is 40.3 Å². The molecule has 0 radical (unpaired) electrons. The van der Waals surface area contributed by atoms with Crippen LogP contribution < -0.4 is 9.47 Å². The largest absolute Gasteiger partial charge is 0.486 e. The molecule has 0 aliphatic carbocycles. The zero-order valence-electron chi connectivity index (χ0n) is 12.7. The van der Waals surface area contributed by atoms with Crippen molar-refractivity contribution < 1.29 is 14.2 Å². The molecule has 0 bridgehead atoms. The highest BCUT2D eigenvalue weighted by molar-refractivity contribution is 7.71. The number of H-pyrrole nitrogens is 1. The maximum atomic E-state index is 6.24. The average Bonchev–Trinajstić information content (AvgIpc) is 3.23. The van der Waals surface area contributed by atoms with Gasteiger partial charge in [0.15, 0.2) is 17.3 Å². The number of hydrogen-bond donors (Lipinski definition) is 1. The number of hydrogen-bond acceptors (Lipinski definition) is 6. The van der Waals surface area contributed by atoms with Crippen molar-refractivity contribution in [2.24, 2.45) is 5.10 Å². The van der Waals surface area contributed by atoms with Crippen molar-refractivity contribution in [1.82, 2.24) is 14.9 Å². The van der Waals surface area contributed by atoms with E-state index in [9.17, 15) is 0 Å². The smallest absolute Gasteiger partial charge is 0.216 e. The number of rotatable bonds is 3. The average molecular weight is 367 g/mol. The molecule has 1 saturated heterocycles. The van der Waals surface area contributed by atoms with Gasteiger partial charge in [0, 0.05) is 6.61 Å². The third kappa shape index (κ3) is 2.92. The molecule has 2 aliphatic heterocycles. The van der Waals surface area contributed by atoms with Crippen molar-refractivity contribution in [3.8, 4) is 11.5 Å². The first-order chi connectivity index (χ1) is 11.7. The zero-order valence-corrected chi connectivity index (χ0v) is 14.3. The van der Waals surface area contributed by atoms with Gasteiger partial charge in [0.25, 0.3) is 0 Å². The van der Waals surface area contributed by atoms with E-state index >= 15 is 0 Å². The standard InChI is InChI=1S/C15H15ClN4O3S/c16-10-6-9(7-12-13(10)23-5-4-22-12)8-17-20-14(18-19-15(20)24)11-2-1-3-21-11/h6-8,11H,1-5H2,(H,19,24)/b17-8-/t11-/m1/s1. The molecule has 24 heavy (non-hydrogen) atoms. The topological polar surface area (TPSA) is 73.7 Å². The highest BCUT2D eigenvalue weighted by Crippen LogP contribution is 2.38. The fourth-order valence-electron chi connectivity index (χ4n) is 2.73. The second-order valence-electron chi connectivity index (χ2n) is 5.47. The van der Waals surface area contributed by atoms with Crippen molar-refractivity contribution in [2.45, 2.75) is 18.9 Å². The number of benzene rings is 1. The van der Waals surface area contributed by atoms with Gasteiger partial charge in [0.1, 0.15) is 19.3 Å². The Balaban J connectivity index is 1.65. The van der Waals surface area contributed by atoms with Crippen LogP contribution in [0.2, 0.25) is 5.02 Å². The van der Waals surface area contributed by atoms with Gasteiger partial charge in [-0.25, -0.2) is 0 Å². The van der Waals surface area contributed by atoms with Crippen molar-refractivity contribution in [2.75, 3.05) is 19.8 Å². The molecule has 0 unspecified atom stereocenters. The van der Waals surface area contributed by atoms with Gasteiger partial charge in [-0.1, -0.05) is 11.6 Å². The Labute approximate surface area is 148 Å². The number of aromatic nitrogens is 3. The molecule has 2 aliphatic rings. The third-order valence-electron chi connectivity index (χ3n) is 3.83. The molecule has 0 spiro atoms. The zero-order chi connectivity index (χ0) is 16.5. The fourth-order valence-corrected chi connectivity index (χ4v) is 3.19. The second kappa shape index (κ2) is 6.54. The molecule has 0 saturated carbocycles.